The number of hydrogen-bond acceptors (Lipinski definition) is 3. The van der Waals surface area contributed by atoms with Crippen LogP contribution in [0.25, 0.3) is 11.3 Å². The summed E-state index contributed by atoms with van der Waals surface area (Å²) in [5, 5.41) is 0. The average Bonchev–Trinajstić information content (AvgIpc) is 2.93. The van der Waals surface area contributed by atoms with Gasteiger partial charge in [-0.2, -0.15) is 0 Å². The first-order chi connectivity index (χ1) is 9.28. The van der Waals surface area contributed by atoms with E-state index in [2.05, 4.69) is 29.0 Å². The Bertz CT molecular complexity index is 534. The van der Waals surface area contributed by atoms with Crippen LogP contribution in [-0.2, 0) is 12.8 Å². The van der Waals surface area contributed by atoms with Crippen molar-refractivity contribution < 1.29 is 4.74 Å². The quantitative estimate of drug-likeness (QED) is 0.838. The van der Waals surface area contributed by atoms with Crippen molar-refractivity contribution in [3.8, 4) is 17.0 Å². The molecule has 2 aromatic rings. The van der Waals surface area contributed by atoms with E-state index in [0.29, 0.717) is 6.54 Å². The molecule has 0 amide bonds. The van der Waals surface area contributed by atoms with Crippen LogP contribution in [0.5, 0.6) is 5.75 Å². The van der Waals surface area contributed by atoms with Crippen molar-refractivity contribution in [3.05, 3.63) is 35.8 Å². The van der Waals surface area contributed by atoms with Crippen molar-refractivity contribution in [2.45, 2.75) is 26.2 Å². The lowest BCUT2D eigenvalue weighted by molar-refractivity contribution is 0.416. The molecule has 19 heavy (non-hydrogen) atoms. The molecule has 0 fully saturated rings. The van der Waals surface area contributed by atoms with E-state index < -0.39 is 0 Å². The molecule has 102 valence electrons. The average molecular weight is 259 g/mol. The van der Waals surface area contributed by atoms with E-state index in [1.807, 2.05) is 12.3 Å². The summed E-state index contributed by atoms with van der Waals surface area (Å²) in [6.45, 7) is 2.83. The highest BCUT2D eigenvalue weighted by Crippen LogP contribution is 2.30. The third-order valence-electron chi connectivity index (χ3n) is 3.21. The van der Waals surface area contributed by atoms with Gasteiger partial charge in [0.2, 0.25) is 0 Å². The molecule has 0 bridgehead atoms. The van der Waals surface area contributed by atoms with Gasteiger partial charge in [-0.25, -0.2) is 4.98 Å². The molecule has 0 atom stereocenters. The highest BCUT2D eigenvalue weighted by atomic mass is 16.5. The number of methoxy groups -OCH3 is 1. The van der Waals surface area contributed by atoms with Crippen LogP contribution in [0.4, 0.5) is 0 Å². The molecule has 0 aliphatic heterocycles. The lowest BCUT2D eigenvalue weighted by atomic mass is 10.1. The maximum atomic E-state index is 5.52. The van der Waals surface area contributed by atoms with Crippen molar-refractivity contribution in [3.63, 3.8) is 0 Å². The Labute approximate surface area is 114 Å². The van der Waals surface area contributed by atoms with Crippen molar-refractivity contribution in [2.75, 3.05) is 13.7 Å². The van der Waals surface area contributed by atoms with Gasteiger partial charge in [0.05, 0.1) is 19.0 Å². The summed E-state index contributed by atoms with van der Waals surface area (Å²) in [6, 6.07) is 6.25. The molecule has 1 aromatic carbocycles. The third-order valence-corrected chi connectivity index (χ3v) is 3.21. The zero-order valence-electron chi connectivity index (χ0n) is 11.6. The predicted octanol–water partition coefficient (Wildman–Crippen LogP) is 2.54. The van der Waals surface area contributed by atoms with Crippen LogP contribution in [0.1, 0.15) is 24.7 Å². The lowest BCUT2D eigenvalue weighted by Gasteiger charge is -2.08. The summed E-state index contributed by atoms with van der Waals surface area (Å²) in [4.78, 5) is 7.74. The fraction of sp³-hybridized carbons (Fsp3) is 0.400. The molecule has 3 N–H and O–H groups in total. The van der Waals surface area contributed by atoms with Crippen LogP contribution in [0.3, 0.4) is 0 Å². The fourth-order valence-corrected chi connectivity index (χ4v) is 2.08. The minimum Gasteiger partial charge on any atom is -0.496 e. The predicted molar refractivity (Wildman–Crippen MR) is 77.3 cm³/mol. The number of imidazole rings is 1. The van der Waals surface area contributed by atoms with E-state index in [1.165, 1.54) is 5.56 Å². The number of aromatic nitrogens is 2. The summed E-state index contributed by atoms with van der Waals surface area (Å²) in [6.07, 6.45) is 4.69. The maximum Gasteiger partial charge on any atom is 0.128 e. The Balaban J connectivity index is 2.31. The molecule has 0 saturated heterocycles. The van der Waals surface area contributed by atoms with Crippen molar-refractivity contribution in [1.82, 2.24) is 9.97 Å². The molecule has 0 spiro atoms. The smallest absolute Gasteiger partial charge is 0.128 e. The SMILES string of the molecule is CCc1ccc(OC)c(-c2cnc(CCCN)[nH]2)c1. The summed E-state index contributed by atoms with van der Waals surface area (Å²) >= 11 is 0. The van der Waals surface area contributed by atoms with Gasteiger partial charge in [0.1, 0.15) is 11.6 Å². The van der Waals surface area contributed by atoms with Crippen LogP contribution >= 0.6 is 0 Å². The molecule has 0 radical (unpaired) electrons. The number of hydrogen-bond donors (Lipinski definition) is 2. The van der Waals surface area contributed by atoms with Gasteiger partial charge < -0.3 is 15.5 Å². The zero-order valence-corrected chi connectivity index (χ0v) is 11.6. The molecule has 0 saturated carbocycles. The highest BCUT2D eigenvalue weighted by Gasteiger charge is 2.09. The van der Waals surface area contributed by atoms with Gasteiger partial charge in [-0.15, -0.1) is 0 Å². The maximum absolute atomic E-state index is 5.52. The molecule has 0 aliphatic rings. The van der Waals surface area contributed by atoms with Crippen LogP contribution < -0.4 is 10.5 Å². The third kappa shape index (κ3) is 3.15. The molecular formula is C15H21N3O. The molecule has 0 aliphatic carbocycles. The number of aromatic amines is 1. The second-order valence-electron chi connectivity index (χ2n) is 4.52. The summed E-state index contributed by atoms with van der Waals surface area (Å²) < 4.78 is 5.42. The largest absolute Gasteiger partial charge is 0.496 e. The molecule has 2 rings (SSSR count). The fourth-order valence-electron chi connectivity index (χ4n) is 2.08. The Morgan fingerprint density at radius 3 is 2.89 bits per heavy atom. The van der Waals surface area contributed by atoms with Crippen molar-refractivity contribution in [1.29, 1.82) is 0 Å². The molecule has 4 nitrogen and oxygen atoms in total. The monoisotopic (exact) mass is 259 g/mol. The zero-order chi connectivity index (χ0) is 13.7. The van der Waals surface area contributed by atoms with Gasteiger partial charge in [0, 0.05) is 12.0 Å². The van der Waals surface area contributed by atoms with Gasteiger partial charge in [0.15, 0.2) is 0 Å². The van der Waals surface area contributed by atoms with E-state index in [1.54, 1.807) is 7.11 Å². The summed E-state index contributed by atoms with van der Waals surface area (Å²) in [5.74, 6) is 1.84. The molecule has 0 unspecified atom stereocenters. The second kappa shape index (κ2) is 6.38. The Morgan fingerprint density at radius 2 is 2.21 bits per heavy atom. The van der Waals surface area contributed by atoms with Gasteiger partial charge >= 0.3 is 0 Å². The van der Waals surface area contributed by atoms with Gasteiger partial charge in [-0.05, 0) is 37.1 Å². The Morgan fingerprint density at radius 1 is 1.37 bits per heavy atom. The molecule has 4 heteroatoms. The number of ether oxygens (including phenoxy) is 1. The highest BCUT2D eigenvalue weighted by molar-refractivity contribution is 5.67. The van der Waals surface area contributed by atoms with E-state index in [9.17, 15) is 0 Å². The standard InChI is InChI=1S/C15H21N3O/c1-3-11-6-7-14(19-2)12(9-11)13-10-17-15(18-13)5-4-8-16/h6-7,9-10H,3-5,8,16H2,1-2H3,(H,17,18). The number of nitrogens with one attached hydrogen (secondary N) is 1. The number of aryl methyl sites for hydroxylation is 2. The minimum absolute atomic E-state index is 0.685. The van der Waals surface area contributed by atoms with Crippen LogP contribution in [-0.4, -0.2) is 23.6 Å². The number of benzene rings is 1. The first kappa shape index (κ1) is 13.6. The van der Waals surface area contributed by atoms with Gasteiger partial charge in [-0.1, -0.05) is 13.0 Å². The van der Waals surface area contributed by atoms with Crippen molar-refractivity contribution in [2.24, 2.45) is 5.73 Å². The topological polar surface area (TPSA) is 63.9 Å². The van der Waals surface area contributed by atoms with Gasteiger partial charge in [0.25, 0.3) is 0 Å². The van der Waals surface area contributed by atoms with E-state index in [-0.39, 0.29) is 0 Å². The number of nitrogens with zero attached hydrogens (tertiary/aromatic N) is 1. The lowest BCUT2D eigenvalue weighted by Crippen LogP contribution is -2.01. The van der Waals surface area contributed by atoms with Crippen LogP contribution in [0, 0.1) is 0 Å². The minimum atomic E-state index is 0.685. The summed E-state index contributed by atoms with van der Waals surface area (Å²) in [5.41, 5.74) is 8.86. The normalized spacial score (nSPS) is 10.7. The van der Waals surface area contributed by atoms with Crippen LogP contribution in [0.2, 0.25) is 0 Å². The number of H-pyrrole nitrogens is 1. The first-order valence-corrected chi connectivity index (χ1v) is 6.69. The number of rotatable bonds is 6. The molecule has 1 heterocycles. The second-order valence-corrected chi connectivity index (χ2v) is 4.52. The summed E-state index contributed by atoms with van der Waals surface area (Å²) in [7, 11) is 1.69. The Hall–Kier alpha value is -1.81. The van der Waals surface area contributed by atoms with E-state index in [0.717, 1.165) is 42.1 Å². The van der Waals surface area contributed by atoms with E-state index >= 15 is 0 Å². The Kier molecular flexibility index (Phi) is 4.58. The first-order valence-electron chi connectivity index (χ1n) is 6.69. The molecule has 1 aromatic heterocycles. The van der Waals surface area contributed by atoms with Crippen LogP contribution in [0.15, 0.2) is 24.4 Å². The number of nitrogens with two attached hydrogens (primary N) is 1. The molecular weight excluding hydrogens is 238 g/mol. The van der Waals surface area contributed by atoms with Gasteiger partial charge in [-0.3, -0.25) is 0 Å². The van der Waals surface area contributed by atoms with E-state index in [4.69, 9.17) is 10.5 Å². The van der Waals surface area contributed by atoms with Crippen molar-refractivity contribution >= 4 is 0 Å².